The third-order valence-corrected chi connectivity index (χ3v) is 3.77. The van der Waals surface area contributed by atoms with Crippen LogP contribution in [0.25, 0.3) is 0 Å². The molecule has 0 aromatic heterocycles. The summed E-state index contributed by atoms with van der Waals surface area (Å²) in [5, 5.41) is 3.39. The number of nitrogen functional groups attached to an aromatic ring is 1. The Bertz CT molecular complexity index is 378. The predicted molar refractivity (Wildman–Crippen MR) is 70.5 cm³/mol. The maximum atomic E-state index is 13.3. The second-order valence-electron chi connectivity index (χ2n) is 4.98. The standard InChI is InChI=1S/C14H21FN2/c1-2-10-5-3-6-11(9-10)17-13-8-4-7-12(15)14(13)16/h4,7-8,10-11,17H,2-3,5-6,9,16H2,1H3. The van der Waals surface area contributed by atoms with E-state index in [-0.39, 0.29) is 11.5 Å². The van der Waals surface area contributed by atoms with Crippen LogP contribution in [0.4, 0.5) is 15.8 Å². The van der Waals surface area contributed by atoms with Gasteiger partial charge in [0.25, 0.3) is 0 Å². The van der Waals surface area contributed by atoms with Crippen LogP contribution in [0.2, 0.25) is 0 Å². The Hall–Kier alpha value is -1.25. The average molecular weight is 236 g/mol. The molecule has 0 saturated heterocycles. The number of nitrogens with one attached hydrogen (secondary N) is 1. The quantitative estimate of drug-likeness (QED) is 0.784. The number of anilines is 2. The number of para-hydroxylation sites is 1. The first-order chi connectivity index (χ1) is 8.20. The van der Waals surface area contributed by atoms with E-state index in [1.165, 1.54) is 31.7 Å². The zero-order chi connectivity index (χ0) is 12.3. The Labute approximate surface area is 102 Å². The van der Waals surface area contributed by atoms with Gasteiger partial charge in [-0.15, -0.1) is 0 Å². The number of nitrogens with two attached hydrogens (primary N) is 1. The second kappa shape index (κ2) is 5.39. The number of hydrogen-bond acceptors (Lipinski definition) is 2. The Kier molecular flexibility index (Phi) is 3.87. The minimum absolute atomic E-state index is 0.242. The topological polar surface area (TPSA) is 38.0 Å². The Morgan fingerprint density at radius 3 is 3.00 bits per heavy atom. The Balaban J connectivity index is 2.02. The molecule has 1 aliphatic rings. The molecule has 1 aromatic rings. The van der Waals surface area contributed by atoms with Gasteiger partial charge >= 0.3 is 0 Å². The van der Waals surface area contributed by atoms with Crippen LogP contribution >= 0.6 is 0 Å². The third-order valence-electron chi connectivity index (χ3n) is 3.77. The summed E-state index contributed by atoms with van der Waals surface area (Å²) >= 11 is 0. The highest BCUT2D eigenvalue weighted by atomic mass is 19.1. The number of hydrogen-bond donors (Lipinski definition) is 2. The van der Waals surface area contributed by atoms with Crippen molar-refractivity contribution in [3.05, 3.63) is 24.0 Å². The lowest BCUT2D eigenvalue weighted by molar-refractivity contribution is 0.327. The van der Waals surface area contributed by atoms with E-state index in [9.17, 15) is 4.39 Å². The molecule has 2 nitrogen and oxygen atoms in total. The summed E-state index contributed by atoms with van der Waals surface area (Å²) in [6, 6.07) is 5.40. The van der Waals surface area contributed by atoms with Gasteiger partial charge in [0, 0.05) is 6.04 Å². The SMILES string of the molecule is CCC1CCCC(Nc2cccc(F)c2N)C1. The first-order valence-electron chi connectivity index (χ1n) is 6.51. The number of rotatable bonds is 3. The molecule has 0 spiro atoms. The Morgan fingerprint density at radius 2 is 2.24 bits per heavy atom. The van der Waals surface area contributed by atoms with Crippen molar-refractivity contribution in [2.75, 3.05) is 11.1 Å². The molecule has 1 fully saturated rings. The molecule has 2 atom stereocenters. The summed E-state index contributed by atoms with van der Waals surface area (Å²) in [7, 11) is 0. The molecule has 0 aliphatic heterocycles. The average Bonchev–Trinajstić information content (AvgIpc) is 2.35. The van der Waals surface area contributed by atoms with Gasteiger partial charge in [0.2, 0.25) is 0 Å². The summed E-state index contributed by atoms with van der Waals surface area (Å²) in [6.07, 6.45) is 6.15. The monoisotopic (exact) mass is 236 g/mol. The third kappa shape index (κ3) is 2.90. The van der Waals surface area contributed by atoms with Gasteiger partial charge in [-0.2, -0.15) is 0 Å². The van der Waals surface area contributed by atoms with Crippen LogP contribution in [0.1, 0.15) is 39.0 Å². The van der Waals surface area contributed by atoms with Crippen molar-refractivity contribution in [2.24, 2.45) is 5.92 Å². The molecule has 3 N–H and O–H groups in total. The molecule has 17 heavy (non-hydrogen) atoms. The first-order valence-corrected chi connectivity index (χ1v) is 6.51. The molecule has 1 aromatic carbocycles. The summed E-state index contributed by atoms with van der Waals surface area (Å²) < 4.78 is 13.3. The highest BCUT2D eigenvalue weighted by Crippen LogP contribution is 2.30. The largest absolute Gasteiger partial charge is 0.395 e. The second-order valence-corrected chi connectivity index (χ2v) is 4.98. The van der Waals surface area contributed by atoms with Crippen LogP contribution in [0.15, 0.2) is 18.2 Å². The number of halogens is 1. The molecule has 0 heterocycles. The summed E-state index contributed by atoms with van der Waals surface area (Å²) in [5.41, 5.74) is 6.71. The van der Waals surface area contributed by atoms with Gasteiger partial charge in [-0.05, 0) is 30.9 Å². The minimum atomic E-state index is -0.335. The fourth-order valence-corrected chi connectivity index (χ4v) is 2.68. The summed E-state index contributed by atoms with van der Waals surface area (Å²) in [4.78, 5) is 0. The van der Waals surface area contributed by atoms with E-state index in [0.717, 1.165) is 18.0 Å². The molecule has 2 rings (SSSR count). The normalized spacial score (nSPS) is 24.6. The van der Waals surface area contributed by atoms with Gasteiger partial charge in [-0.1, -0.05) is 32.3 Å². The van der Waals surface area contributed by atoms with Gasteiger partial charge in [-0.25, -0.2) is 4.39 Å². The van der Waals surface area contributed by atoms with E-state index in [4.69, 9.17) is 5.73 Å². The lowest BCUT2D eigenvalue weighted by atomic mass is 9.84. The predicted octanol–water partition coefficient (Wildman–Crippen LogP) is 3.79. The molecule has 2 unspecified atom stereocenters. The highest BCUT2D eigenvalue weighted by Gasteiger charge is 2.21. The molecule has 1 saturated carbocycles. The number of benzene rings is 1. The van der Waals surface area contributed by atoms with E-state index < -0.39 is 0 Å². The highest BCUT2D eigenvalue weighted by molar-refractivity contribution is 5.66. The van der Waals surface area contributed by atoms with E-state index in [1.807, 2.05) is 6.07 Å². The molecule has 1 aliphatic carbocycles. The smallest absolute Gasteiger partial charge is 0.148 e. The Morgan fingerprint density at radius 1 is 1.41 bits per heavy atom. The zero-order valence-electron chi connectivity index (χ0n) is 10.4. The van der Waals surface area contributed by atoms with Crippen molar-refractivity contribution < 1.29 is 4.39 Å². The van der Waals surface area contributed by atoms with Gasteiger partial charge in [0.05, 0.1) is 11.4 Å². The first kappa shape index (κ1) is 12.2. The van der Waals surface area contributed by atoms with Crippen LogP contribution in [0, 0.1) is 11.7 Å². The van der Waals surface area contributed by atoms with Crippen LogP contribution in [0.3, 0.4) is 0 Å². The van der Waals surface area contributed by atoms with Gasteiger partial charge in [-0.3, -0.25) is 0 Å². The van der Waals surface area contributed by atoms with Crippen LogP contribution in [-0.4, -0.2) is 6.04 Å². The maximum Gasteiger partial charge on any atom is 0.148 e. The molecule has 0 radical (unpaired) electrons. The van der Waals surface area contributed by atoms with Crippen molar-refractivity contribution >= 4 is 11.4 Å². The molecular weight excluding hydrogens is 215 g/mol. The lowest BCUT2D eigenvalue weighted by Crippen LogP contribution is -2.27. The maximum absolute atomic E-state index is 13.3. The van der Waals surface area contributed by atoms with Crippen molar-refractivity contribution in [2.45, 2.75) is 45.1 Å². The fourth-order valence-electron chi connectivity index (χ4n) is 2.68. The van der Waals surface area contributed by atoms with Crippen molar-refractivity contribution in [1.29, 1.82) is 0 Å². The molecule has 0 bridgehead atoms. The van der Waals surface area contributed by atoms with Crippen LogP contribution in [-0.2, 0) is 0 Å². The van der Waals surface area contributed by atoms with E-state index in [2.05, 4.69) is 12.2 Å². The van der Waals surface area contributed by atoms with Crippen molar-refractivity contribution in [1.82, 2.24) is 0 Å². The lowest BCUT2D eigenvalue weighted by Gasteiger charge is -2.30. The minimum Gasteiger partial charge on any atom is -0.395 e. The van der Waals surface area contributed by atoms with E-state index >= 15 is 0 Å². The molecular formula is C14H21FN2. The van der Waals surface area contributed by atoms with E-state index in [0.29, 0.717) is 6.04 Å². The molecule has 0 amide bonds. The fraction of sp³-hybridized carbons (Fsp3) is 0.571. The van der Waals surface area contributed by atoms with E-state index in [1.54, 1.807) is 6.07 Å². The van der Waals surface area contributed by atoms with Gasteiger partial charge in [0.1, 0.15) is 5.82 Å². The van der Waals surface area contributed by atoms with Crippen LogP contribution < -0.4 is 11.1 Å². The van der Waals surface area contributed by atoms with Crippen molar-refractivity contribution in [3.63, 3.8) is 0 Å². The van der Waals surface area contributed by atoms with Crippen molar-refractivity contribution in [3.8, 4) is 0 Å². The summed E-state index contributed by atoms with van der Waals surface area (Å²) in [6.45, 7) is 2.24. The molecule has 3 heteroatoms. The molecule has 94 valence electrons. The van der Waals surface area contributed by atoms with Gasteiger partial charge in [0.15, 0.2) is 0 Å². The zero-order valence-corrected chi connectivity index (χ0v) is 10.4. The van der Waals surface area contributed by atoms with Crippen LogP contribution in [0.5, 0.6) is 0 Å². The summed E-state index contributed by atoms with van der Waals surface area (Å²) in [5.74, 6) is 0.467. The van der Waals surface area contributed by atoms with Gasteiger partial charge < -0.3 is 11.1 Å².